The number of rotatable bonds is 1. The smallest absolute Gasteiger partial charge is 0.410 e. The van der Waals surface area contributed by atoms with Gasteiger partial charge in [-0.2, -0.15) is 0 Å². The van der Waals surface area contributed by atoms with Gasteiger partial charge in [-0.15, -0.1) is 0 Å². The van der Waals surface area contributed by atoms with Crippen LogP contribution >= 0.6 is 0 Å². The van der Waals surface area contributed by atoms with Crippen molar-refractivity contribution < 1.29 is 23.8 Å². The second-order valence-electron chi connectivity index (χ2n) is 5.47. The molecule has 1 heterocycles. The highest BCUT2D eigenvalue weighted by atomic mass is 16.6. The van der Waals surface area contributed by atoms with E-state index in [1.165, 1.54) is 12.0 Å². The Balaban J connectivity index is 2.69. The van der Waals surface area contributed by atoms with Crippen molar-refractivity contribution >= 4 is 12.1 Å². The third kappa shape index (κ3) is 3.60. The third-order valence-electron chi connectivity index (χ3n) is 2.54. The Hall–Kier alpha value is -1.30. The molecule has 1 aliphatic heterocycles. The molecule has 104 valence electrons. The lowest BCUT2D eigenvalue weighted by molar-refractivity contribution is -0.176. The molecule has 0 saturated carbocycles. The highest BCUT2D eigenvalue weighted by molar-refractivity contribution is 5.80. The Labute approximate surface area is 107 Å². The molecule has 0 aliphatic carbocycles. The Kier molecular flexibility index (Phi) is 4.21. The number of ether oxygens (including phenoxy) is 3. The maximum absolute atomic E-state index is 11.9. The van der Waals surface area contributed by atoms with Crippen molar-refractivity contribution in [1.29, 1.82) is 0 Å². The number of carbonyl (C=O) groups excluding carboxylic acids is 2. The first kappa shape index (κ1) is 14.8. The van der Waals surface area contributed by atoms with Crippen molar-refractivity contribution in [3.05, 3.63) is 0 Å². The monoisotopic (exact) mass is 259 g/mol. The second-order valence-corrected chi connectivity index (χ2v) is 5.47. The van der Waals surface area contributed by atoms with E-state index in [0.717, 1.165) is 0 Å². The van der Waals surface area contributed by atoms with Crippen LogP contribution in [0.4, 0.5) is 4.79 Å². The number of esters is 1. The minimum absolute atomic E-state index is 0.134. The van der Waals surface area contributed by atoms with Crippen molar-refractivity contribution in [3.63, 3.8) is 0 Å². The van der Waals surface area contributed by atoms with Crippen LogP contribution < -0.4 is 0 Å². The van der Waals surface area contributed by atoms with Gasteiger partial charge in [0.15, 0.2) is 5.60 Å². The van der Waals surface area contributed by atoms with Crippen molar-refractivity contribution in [2.24, 2.45) is 0 Å². The topological polar surface area (TPSA) is 65.1 Å². The van der Waals surface area contributed by atoms with E-state index < -0.39 is 23.3 Å². The SMILES string of the molecule is COC(=O)[C@]1(C)CN(C(=O)OC(C)(C)C)CCO1. The summed E-state index contributed by atoms with van der Waals surface area (Å²) < 4.78 is 15.3. The van der Waals surface area contributed by atoms with Crippen molar-refractivity contribution in [1.82, 2.24) is 4.90 Å². The zero-order valence-electron chi connectivity index (χ0n) is 11.6. The molecule has 0 radical (unpaired) electrons. The first-order valence-corrected chi connectivity index (χ1v) is 5.88. The highest BCUT2D eigenvalue weighted by Crippen LogP contribution is 2.21. The van der Waals surface area contributed by atoms with Gasteiger partial charge >= 0.3 is 12.1 Å². The van der Waals surface area contributed by atoms with E-state index in [4.69, 9.17) is 9.47 Å². The minimum Gasteiger partial charge on any atom is -0.467 e. The molecule has 0 N–H and O–H groups in total. The highest BCUT2D eigenvalue weighted by Gasteiger charge is 2.42. The van der Waals surface area contributed by atoms with Gasteiger partial charge in [-0.25, -0.2) is 9.59 Å². The summed E-state index contributed by atoms with van der Waals surface area (Å²) >= 11 is 0. The molecule has 0 unspecified atom stereocenters. The fraction of sp³-hybridized carbons (Fsp3) is 0.833. The van der Waals surface area contributed by atoms with Crippen LogP contribution in [0, 0.1) is 0 Å². The van der Waals surface area contributed by atoms with Crippen molar-refractivity contribution in [2.75, 3.05) is 26.8 Å². The molecule has 6 nitrogen and oxygen atoms in total. The fourth-order valence-electron chi connectivity index (χ4n) is 1.69. The van der Waals surface area contributed by atoms with Gasteiger partial charge in [0.05, 0.1) is 20.3 Å². The molecule has 0 spiro atoms. The average Bonchev–Trinajstić information content (AvgIpc) is 2.25. The summed E-state index contributed by atoms with van der Waals surface area (Å²) in [7, 11) is 1.30. The van der Waals surface area contributed by atoms with Gasteiger partial charge in [0.25, 0.3) is 0 Å². The van der Waals surface area contributed by atoms with Gasteiger partial charge in [0.2, 0.25) is 0 Å². The maximum Gasteiger partial charge on any atom is 0.410 e. The largest absolute Gasteiger partial charge is 0.467 e. The van der Waals surface area contributed by atoms with E-state index in [9.17, 15) is 9.59 Å². The Morgan fingerprint density at radius 3 is 2.44 bits per heavy atom. The summed E-state index contributed by atoms with van der Waals surface area (Å²) in [4.78, 5) is 25.0. The molecule has 0 aromatic rings. The van der Waals surface area contributed by atoms with Gasteiger partial charge in [0, 0.05) is 6.54 Å². The molecule has 1 aliphatic rings. The normalized spacial score (nSPS) is 24.6. The lowest BCUT2D eigenvalue weighted by atomic mass is 10.1. The number of morpholine rings is 1. The molecule has 0 aromatic heterocycles. The predicted molar refractivity (Wildman–Crippen MR) is 64.2 cm³/mol. The summed E-state index contributed by atoms with van der Waals surface area (Å²) in [5.41, 5.74) is -1.68. The molecular weight excluding hydrogens is 238 g/mol. The zero-order chi connectivity index (χ0) is 14.0. The van der Waals surface area contributed by atoms with E-state index >= 15 is 0 Å². The number of carbonyl (C=O) groups is 2. The summed E-state index contributed by atoms with van der Waals surface area (Å²) in [5.74, 6) is -0.490. The number of hydrogen-bond donors (Lipinski definition) is 0. The molecule has 1 rings (SSSR count). The predicted octanol–water partition coefficient (Wildman–Crippen LogP) is 1.19. The lowest BCUT2D eigenvalue weighted by Crippen LogP contribution is -2.57. The summed E-state index contributed by atoms with van der Waals surface area (Å²) in [6.07, 6.45) is -0.444. The standard InChI is InChI=1S/C12H21NO5/c1-11(2,3)18-10(15)13-6-7-17-12(4,8-13)9(14)16-5/h6-8H2,1-5H3/t12-/m0/s1. The third-order valence-corrected chi connectivity index (χ3v) is 2.54. The first-order chi connectivity index (χ1) is 8.18. The van der Waals surface area contributed by atoms with Gasteiger partial charge in [-0.1, -0.05) is 0 Å². The molecule has 1 fully saturated rings. The average molecular weight is 259 g/mol. The lowest BCUT2D eigenvalue weighted by Gasteiger charge is -2.38. The molecule has 18 heavy (non-hydrogen) atoms. The van der Waals surface area contributed by atoms with Crippen LogP contribution in [0.15, 0.2) is 0 Å². The molecule has 0 bridgehead atoms. The fourth-order valence-corrected chi connectivity index (χ4v) is 1.69. The van der Waals surface area contributed by atoms with Crippen LogP contribution in [-0.2, 0) is 19.0 Å². The van der Waals surface area contributed by atoms with Crippen LogP contribution in [0.1, 0.15) is 27.7 Å². The van der Waals surface area contributed by atoms with E-state index in [2.05, 4.69) is 4.74 Å². The van der Waals surface area contributed by atoms with Gasteiger partial charge in [-0.05, 0) is 27.7 Å². The molecule has 6 heteroatoms. The molecular formula is C12H21NO5. The summed E-state index contributed by atoms with van der Waals surface area (Å²) in [6.45, 7) is 7.82. The second kappa shape index (κ2) is 5.14. The Morgan fingerprint density at radius 1 is 1.33 bits per heavy atom. The number of hydrogen-bond acceptors (Lipinski definition) is 5. The van der Waals surface area contributed by atoms with E-state index in [0.29, 0.717) is 6.54 Å². The molecule has 1 amide bonds. The van der Waals surface area contributed by atoms with Crippen molar-refractivity contribution in [3.8, 4) is 0 Å². The minimum atomic E-state index is -1.12. The summed E-state index contributed by atoms with van der Waals surface area (Å²) in [5, 5.41) is 0. The van der Waals surface area contributed by atoms with Gasteiger partial charge in [0.1, 0.15) is 5.60 Å². The van der Waals surface area contributed by atoms with Gasteiger partial charge in [-0.3, -0.25) is 0 Å². The molecule has 0 aromatic carbocycles. The van der Waals surface area contributed by atoms with Gasteiger partial charge < -0.3 is 19.1 Å². The van der Waals surface area contributed by atoms with Crippen LogP contribution in [-0.4, -0.2) is 55.0 Å². The Morgan fingerprint density at radius 2 is 1.94 bits per heavy atom. The summed E-state index contributed by atoms with van der Waals surface area (Å²) in [6, 6.07) is 0. The number of nitrogens with zero attached hydrogens (tertiary/aromatic N) is 1. The molecule has 1 atom stereocenters. The van der Waals surface area contributed by atoms with E-state index in [1.807, 2.05) is 0 Å². The van der Waals surface area contributed by atoms with Crippen molar-refractivity contribution in [2.45, 2.75) is 38.9 Å². The first-order valence-electron chi connectivity index (χ1n) is 5.88. The quantitative estimate of drug-likeness (QED) is 0.662. The van der Waals surface area contributed by atoms with Crippen LogP contribution in [0.3, 0.4) is 0 Å². The van der Waals surface area contributed by atoms with Crippen LogP contribution in [0.25, 0.3) is 0 Å². The zero-order valence-corrected chi connectivity index (χ0v) is 11.6. The molecule has 1 saturated heterocycles. The van der Waals surface area contributed by atoms with Crippen LogP contribution in [0.5, 0.6) is 0 Å². The Bertz CT molecular complexity index is 336. The number of methoxy groups -OCH3 is 1. The van der Waals surface area contributed by atoms with Crippen LogP contribution in [0.2, 0.25) is 0 Å². The van der Waals surface area contributed by atoms with E-state index in [-0.39, 0.29) is 13.2 Å². The number of amides is 1. The maximum atomic E-state index is 11.9. The van der Waals surface area contributed by atoms with E-state index in [1.54, 1.807) is 27.7 Å².